The molecule has 1 aromatic heterocycles. The Labute approximate surface area is 114 Å². The van der Waals surface area contributed by atoms with Crippen LogP contribution in [0.2, 0.25) is 0 Å². The molecule has 0 aliphatic heterocycles. The number of benzene rings is 1. The first kappa shape index (κ1) is 13.7. The largest absolute Gasteiger partial charge is 0.480 e. The number of aromatic nitrogens is 2. The number of para-hydroxylation sites is 1. The van der Waals surface area contributed by atoms with Crippen LogP contribution in [0.25, 0.3) is 11.0 Å². The van der Waals surface area contributed by atoms with Gasteiger partial charge in [-0.05, 0) is 12.1 Å². The quantitative estimate of drug-likeness (QED) is 0.802. The standard InChI is InChI=1S/C10H10N2O5S2/c1-17-10-11-9-6(3-2-4-7(9)18)12(10)19(15,16)5-8(13)14/h2-4,18H,5H2,1H3,(H,13,14). The number of carbonyl (C=O) groups is 1. The van der Waals surface area contributed by atoms with Gasteiger partial charge in [-0.1, -0.05) is 6.07 Å². The van der Waals surface area contributed by atoms with Crippen LogP contribution in [0.5, 0.6) is 6.01 Å². The smallest absolute Gasteiger partial charge is 0.320 e. The third-order valence-corrected chi connectivity index (χ3v) is 4.24. The third kappa shape index (κ3) is 2.38. The van der Waals surface area contributed by atoms with Crippen molar-refractivity contribution in [2.45, 2.75) is 4.90 Å². The van der Waals surface area contributed by atoms with Gasteiger partial charge in [-0.15, -0.1) is 12.6 Å². The first-order chi connectivity index (χ1) is 8.86. The molecule has 0 aliphatic rings. The van der Waals surface area contributed by atoms with E-state index in [0.717, 1.165) is 3.97 Å². The lowest BCUT2D eigenvalue weighted by atomic mass is 10.3. The average Bonchev–Trinajstić information content (AvgIpc) is 2.68. The van der Waals surface area contributed by atoms with Crippen molar-refractivity contribution in [3.8, 4) is 6.01 Å². The minimum absolute atomic E-state index is 0.197. The average molecular weight is 302 g/mol. The van der Waals surface area contributed by atoms with E-state index in [0.29, 0.717) is 10.4 Å². The lowest BCUT2D eigenvalue weighted by Crippen LogP contribution is -2.22. The molecule has 2 rings (SSSR count). The first-order valence-electron chi connectivity index (χ1n) is 5.06. The fourth-order valence-corrected chi connectivity index (χ4v) is 3.15. The van der Waals surface area contributed by atoms with E-state index >= 15 is 0 Å². The molecule has 1 N–H and O–H groups in total. The molecule has 0 saturated heterocycles. The van der Waals surface area contributed by atoms with Gasteiger partial charge < -0.3 is 9.84 Å². The van der Waals surface area contributed by atoms with Crippen LogP contribution in [0, 0.1) is 0 Å². The van der Waals surface area contributed by atoms with Crippen molar-refractivity contribution in [2.75, 3.05) is 12.9 Å². The number of carboxylic acid groups (broad SMARTS) is 1. The molecule has 0 amide bonds. The van der Waals surface area contributed by atoms with Gasteiger partial charge in [-0.3, -0.25) is 4.79 Å². The number of thiol groups is 1. The molecule has 0 radical (unpaired) electrons. The Morgan fingerprint density at radius 3 is 2.79 bits per heavy atom. The second-order valence-corrected chi connectivity index (χ2v) is 5.96. The first-order valence-corrected chi connectivity index (χ1v) is 7.12. The number of ether oxygens (including phenoxy) is 1. The molecular formula is C10H10N2O5S2. The van der Waals surface area contributed by atoms with Crippen molar-refractivity contribution in [1.82, 2.24) is 8.96 Å². The van der Waals surface area contributed by atoms with Crippen molar-refractivity contribution in [3.05, 3.63) is 18.2 Å². The number of hydrogen-bond acceptors (Lipinski definition) is 6. The van der Waals surface area contributed by atoms with E-state index in [2.05, 4.69) is 17.6 Å². The van der Waals surface area contributed by atoms with Gasteiger partial charge in [0, 0.05) is 4.90 Å². The Morgan fingerprint density at radius 1 is 1.53 bits per heavy atom. The van der Waals surface area contributed by atoms with Gasteiger partial charge in [0.15, 0.2) is 5.75 Å². The van der Waals surface area contributed by atoms with Gasteiger partial charge in [0.25, 0.3) is 10.0 Å². The lowest BCUT2D eigenvalue weighted by molar-refractivity contribution is -0.134. The normalized spacial score (nSPS) is 11.7. The summed E-state index contributed by atoms with van der Waals surface area (Å²) in [5.41, 5.74) is 0.558. The van der Waals surface area contributed by atoms with E-state index in [1.165, 1.54) is 13.2 Å². The predicted molar refractivity (Wildman–Crippen MR) is 70.4 cm³/mol. The van der Waals surface area contributed by atoms with Crippen LogP contribution in [-0.2, 0) is 14.8 Å². The molecule has 1 aromatic carbocycles. The lowest BCUT2D eigenvalue weighted by Gasteiger charge is -2.06. The molecule has 0 spiro atoms. The summed E-state index contributed by atoms with van der Waals surface area (Å²) in [6, 6.07) is 4.55. The highest BCUT2D eigenvalue weighted by Gasteiger charge is 2.26. The van der Waals surface area contributed by atoms with E-state index in [-0.39, 0.29) is 11.5 Å². The van der Waals surface area contributed by atoms with Crippen molar-refractivity contribution >= 4 is 39.7 Å². The molecule has 102 valence electrons. The number of rotatable bonds is 4. The van der Waals surface area contributed by atoms with E-state index in [1.54, 1.807) is 12.1 Å². The fourth-order valence-electron chi connectivity index (χ4n) is 1.66. The molecular weight excluding hydrogens is 292 g/mol. The van der Waals surface area contributed by atoms with Crippen LogP contribution < -0.4 is 4.74 Å². The Hall–Kier alpha value is -1.74. The summed E-state index contributed by atoms with van der Waals surface area (Å²) in [4.78, 5) is 15.1. The van der Waals surface area contributed by atoms with Crippen molar-refractivity contribution < 1.29 is 23.1 Å². The Bertz CT molecular complexity index is 751. The summed E-state index contributed by atoms with van der Waals surface area (Å²) in [6.45, 7) is 0. The maximum Gasteiger partial charge on any atom is 0.320 e. The number of imidazole rings is 1. The molecule has 9 heteroatoms. The van der Waals surface area contributed by atoms with Crippen LogP contribution in [0.4, 0.5) is 0 Å². The molecule has 1 heterocycles. The monoisotopic (exact) mass is 302 g/mol. The summed E-state index contributed by atoms with van der Waals surface area (Å²) in [5, 5.41) is 8.67. The molecule has 0 fully saturated rings. The zero-order chi connectivity index (χ0) is 14.2. The molecule has 2 aromatic rings. The Kier molecular flexibility index (Phi) is 3.42. The molecule has 7 nitrogen and oxygen atoms in total. The SMILES string of the molecule is COc1nc2c(S)cccc2n1S(=O)(=O)CC(=O)O. The molecule has 0 aliphatic carbocycles. The van der Waals surface area contributed by atoms with Crippen LogP contribution in [-0.4, -0.2) is 41.3 Å². The van der Waals surface area contributed by atoms with Crippen molar-refractivity contribution in [1.29, 1.82) is 0 Å². The number of fused-ring (bicyclic) bond motifs is 1. The topological polar surface area (TPSA) is 98.5 Å². The zero-order valence-corrected chi connectivity index (χ0v) is 11.5. The highest BCUT2D eigenvalue weighted by molar-refractivity contribution is 7.90. The van der Waals surface area contributed by atoms with Gasteiger partial charge in [-0.25, -0.2) is 8.42 Å². The molecule has 0 unspecified atom stereocenters. The summed E-state index contributed by atoms with van der Waals surface area (Å²) in [6.07, 6.45) is 0. The van der Waals surface area contributed by atoms with E-state index in [4.69, 9.17) is 9.84 Å². The zero-order valence-electron chi connectivity index (χ0n) is 9.77. The van der Waals surface area contributed by atoms with E-state index in [1.807, 2.05) is 0 Å². The fraction of sp³-hybridized carbons (Fsp3) is 0.200. The minimum Gasteiger partial charge on any atom is -0.480 e. The summed E-state index contributed by atoms with van der Waals surface area (Å²) < 4.78 is 29.8. The Balaban J connectivity index is 2.78. The van der Waals surface area contributed by atoms with Gasteiger partial charge in [0.2, 0.25) is 0 Å². The van der Waals surface area contributed by atoms with Crippen LogP contribution in [0.3, 0.4) is 0 Å². The van der Waals surface area contributed by atoms with E-state index in [9.17, 15) is 13.2 Å². The second kappa shape index (κ2) is 4.74. The number of carboxylic acids is 1. The van der Waals surface area contributed by atoms with Gasteiger partial charge in [-0.2, -0.15) is 8.96 Å². The van der Waals surface area contributed by atoms with Crippen LogP contribution in [0.15, 0.2) is 23.1 Å². The van der Waals surface area contributed by atoms with Gasteiger partial charge in [0.05, 0.1) is 12.6 Å². The summed E-state index contributed by atoms with van der Waals surface area (Å²) >= 11 is 4.17. The van der Waals surface area contributed by atoms with Crippen molar-refractivity contribution in [3.63, 3.8) is 0 Å². The number of hydrogen-bond donors (Lipinski definition) is 2. The van der Waals surface area contributed by atoms with E-state index < -0.39 is 21.7 Å². The van der Waals surface area contributed by atoms with Crippen LogP contribution in [0.1, 0.15) is 0 Å². The number of aliphatic carboxylic acids is 1. The third-order valence-electron chi connectivity index (χ3n) is 2.36. The maximum absolute atomic E-state index is 12.0. The van der Waals surface area contributed by atoms with Crippen LogP contribution >= 0.6 is 12.6 Å². The Morgan fingerprint density at radius 2 is 2.21 bits per heavy atom. The molecule has 0 atom stereocenters. The summed E-state index contributed by atoms with van der Waals surface area (Å²) in [5.74, 6) is -2.50. The minimum atomic E-state index is -4.11. The predicted octanol–water partition coefficient (Wildman–Crippen LogP) is 0.596. The number of methoxy groups -OCH3 is 1. The highest BCUT2D eigenvalue weighted by atomic mass is 32.2. The highest BCUT2D eigenvalue weighted by Crippen LogP contribution is 2.27. The van der Waals surface area contributed by atoms with Gasteiger partial charge >= 0.3 is 12.0 Å². The maximum atomic E-state index is 12.0. The molecule has 19 heavy (non-hydrogen) atoms. The second-order valence-electron chi connectivity index (χ2n) is 3.66. The molecule has 0 bridgehead atoms. The molecule has 0 saturated carbocycles. The number of nitrogens with zero attached hydrogens (tertiary/aromatic N) is 2. The van der Waals surface area contributed by atoms with Gasteiger partial charge in [0.1, 0.15) is 5.52 Å². The van der Waals surface area contributed by atoms with Crippen molar-refractivity contribution in [2.24, 2.45) is 0 Å². The summed E-state index contributed by atoms with van der Waals surface area (Å²) in [7, 11) is -2.85.